The highest BCUT2D eigenvalue weighted by atomic mass is 32.1. The monoisotopic (exact) mass is 216 g/mol. The maximum absolute atomic E-state index is 5.85. The van der Waals surface area contributed by atoms with Crippen molar-refractivity contribution in [3.63, 3.8) is 0 Å². The molecule has 15 heavy (non-hydrogen) atoms. The van der Waals surface area contributed by atoms with Gasteiger partial charge in [-0.25, -0.2) is 9.97 Å². The predicted octanol–water partition coefficient (Wildman–Crippen LogP) is 2.27. The molecule has 0 amide bonds. The standard InChI is InChI=1S/C10H8N4S/c11-10-9-6(8-4-15-5-14-8)3-13-7(9)1-2-12-10/h1-5,13H,(H2,11,12). The largest absolute Gasteiger partial charge is 0.383 e. The van der Waals surface area contributed by atoms with E-state index in [9.17, 15) is 0 Å². The second kappa shape index (κ2) is 3.06. The highest BCUT2D eigenvalue weighted by Gasteiger charge is 2.10. The molecule has 3 aromatic heterocycles. The maximum atomic E-state index is 5.85. The number of thiazole rings is 1. The summed E-state index contributed by atoms with van der Waals surface area (Å²) in [5.41, 5.74) is 10.6. The van der Waals surface area contributed by atoms with Crippen LogP contribution in [-0.2, 0) is 0 Å². The Bertz CT molecular complexity index is 597. The molecule has 0 fully saturated rings. The molecule has 0 aliphatic carbocycles. The fraction of sp³-hybridized carbons (Fsp3) is 0. The lowest BCUT2D eigenvalue weighted by Crippen LogP contribution is -1.90. The molecule has 5 heteroatoms. The molecule has 4 nitrogen and oxygen atoms in total. The summed E-state index contributed by atoms with van der Waals surface area (Å²) in [5.74, 6) is 0.539. The highest BCUT2D eigenvalue weighted by Crippen LogP contribution is 2.30. The van der Waals surface area contributed by atoms with Crippen molar-refractivity contribution in [2.45, 2.75) is 0 Å². The van der Waals surface area contributed by atoms with E-state index in [1.54, 1.807) is 23.0 Å². The zero-order chi connectivity index (χ0) is 10.3. The van der Waals surface area contributed by atoms with Gasteiger partial charge in [-0.2, -0.15) is 0 Å². The first-order chi connectivity index (χ1) is 7.36. The Morgan fingerprint density at radius 1 is 1.33 bits per heavy atom. The van der Waals surface area contributed by atoms with Gasteiger partial charge in [-0.1, -0.05) is 0 Å². The van der Waals surface area contributed by atoms with Crippen LogP contribution in [0.25, 0.3) is 22.2 Å². The van der Waals surface area contributed by atoms with E-state index in [0.29, 0.717) is 5.82 Å². The summed E-state index contributed by atoms with van der Waals surface area (Å²) < 4.78 is 0. The van der Waals surface area contributed by atoms with Gasteiger partial charge in [-0.15, -0.1) is 11.3 Å². The van der Waals surface area contributed by atoms with Crippen LogP contribution in [0.2, 0.25) is 0 Å². The summed E-state index contributed by atoms with van der Waals surface area (Å²) in [4.78, 5) is 11.5. The minimum atomic E-state index is 0.539. The Morgan fingerprint density at radius 2 is 2.27 bits per heavy atom. The molecule has 0 aliphatic rings. The van der Waals surface area contributed by atoms with Gasteiger partial charge in [0.2, 0.25) is 0 Å². The molecular formula is C10H8N4S. The molecule has 3 aromatic rings. The van der Waals surface area contributed by atoms with Crippen LogP contribution < -0.4 is 5.73 Å². The number of anilines is 1. The summed E-state index contributed by atoms with van der Waals surface area (Å²) in [6.45, 7) is 0. The zero-order valence-electron chi connectivity index (χ0n) is 7.77. The maximum Gasteiger partial charge on any atom is 0.133 e. The third-order valence-electron chi connectivity index (χ3n) is 2.33. The van der Waals surface area contributed by atoms with E-state index >= 15 is 0 Å². The number of nitrogen functional groups attached to an aromatic ring is 1. The number of nitrogens with two attached hydrogens (primary N) is 1. The first-order valence-corrected chi connectivity index (χ1v) is 5.40. The molecule has 0 radical (unpaired) electrons. The Morgan fingerprint density at radius 3 is 3.07 bits per heavy atom. The number of nitrogens with one attached hydrogen (secondary N) is 1. The number of pyridine rings is 1. The zero-order valence-corrected chi connectivity index (χ0v) is 8.58. The second-order valence-electron chi connectivity index (χ2n) is 3.19. The van der Waals surface area contributed by atoms with Crippen molar-refractivity contribution in [2.24, 2.45) is 0 Å². The molecule has 0 atom stereocenters. The lowest BCUT2D eigenvalue weighted by Gasteiger charge is -1.97. The number of H-pyrrole nitrogens is 1. The second-order valence-corrected chi connectivity index (χ2v) is 3.91. The summed E-state index contributed by atoms with van der Waals surface area (Å²) in [7, 11) is 0. The number of nitrogens with zero attached hydrogens (tertiary/aromatic N) is 2. The Hall–Kier alpha value is -1.88. The van der Waals surface area contributed by atoms with E-state index in [2.05, 4.69) is 15.0 Å². The molecule has 3 rings (SSSR count). The van der Waals surface area contributed by atoms with Crippen LogP contribution in [0.3, 0.4) is 0 Å². The van der Waals surface area contributed by atoms with Gasteiger partial charge in [0.05, 0.1) is 22.1 Å². The molecule has 74 valence electrons. The molecular weight excluding hydrogens is 208 g/mol. The fourth-order valence-corrected chi connectivity index (χ4v) is 2.20. The van der Waals surface area contributed by atoms with E-state index in [4.69, 9.17) is 5.73 Å². The van der Waals surface area contributed by atoms with Gasteiger partial charge in [0.15, 0.2) is 0 Å². The number of rotatable bonds is 1. The molecule has 0 aromatic carbocycles. The number of hydrogen-bond donors (Lipinski definition) is 2. The molecule has 0 aliphatic heterocycles. The molecule has 0 spiro atoms. The van der Waals surface area contributed by atoms with Crippen LogP contribution in [0.1, 0.15) is 0 Å². The van der Waals surface area contributed by atoms with Crippen molar-refractivity contribution < 1.29 is 0 Å². The SMILES string of the molecule is Nc1nccc2[nH]cc(-c3cscn3)c12. The first kappa shape index (κ1) is 8.43. The quantitative estimate of drug-likeness (QED) is 0.655. The van der Waals surface area contributed by atoms with Crippen molar-refractivity contribution in [3.05, 3.63) is 29.4 Å². The summed E-state index contributed by atoms with van der Waals surface area (Å²) in [6.07, 6.45) is 3.61. The minimum Gasteiger partial charge on any atom is -0.383 e. The summed E-state index contributed by atoms with van der Waals surface area (Å²) in [5, 5.41) is 2.94. The fourth-order valence-electron chi connectivity index (χ4n) is 1.65. The minimum absolute atomic E-state index is 0.539. The van der Waals surface area contributed by atoms with Gasteiger partial charge in [-0.05, 0) is 6.07 Å². The Kier molecular flexibility index (Phi) is 1.72. The van der Waals surface area contributed by atoms with Crippen LogP contribution in [0.4, 0.5) is 5.82 Å². The lowest BCUT2D eigenvalue weighted by molar-refractivity contribution is 1.36. The van der Waals surface area contributed by atoms with Crippen molar-refractivity contribution >= 4 is 28.1 Å². The number of fused-ring (bicyclic) bond motifs is 1. The van der Waals surface area contributed by atoms with Crippen LogP contribution in [0.15, 0.2) is 29.4 Å². The molecule has 0 unspecified atom stereocenters. The van der Waals surface area contributed by atoms with Crippen molar-refractivity contribution in [1.82, 2.24) is 15.0 Å². The average Bonchev–Trinajstić information content (AvgIpc) is 2.85. The van der Waals surface area contributed by atoms with E-state index in [0.717, 1.165) is 22.2 Å². The third-order valence-corrected chi connectivity index (χ3v) is 2.92. The van der Waals surface area contributed by atoms with Crippen molar-refractivity contribution in [1.29, 1.82) is 0 Å². The van der Waals surface area contributed by atoms with Gasteiger partial charge in [0, 0.05) is 23.3 Å². The van der Waals surface area contributed by atoms with Crippen molar-refractivity contribution in [2.75, 3.05) is 5.73 Å². The topological polar surface area (TPSA) is 67.6 Å². The normalized spacial score (nSPS) is 10.9. The summed E-state index contributed by atoms with van der Waals surface area (Å²) >= 11 is 1.57. The molecule has 3 heterocycles. The third kappa shape index (κ3) is 1.20. The number of aromatic nitrogens is 3. The van der Waals surface area contributed by atoms with E-state index in [1.165, 1.54) is 0 Å². The molecule has 0 saturated heterocycles. The average molecular weight is 216 g/mol. The van der Waals surface area contributed by atoms with Gasteiger partial charge in [0.25, 0.3) is 0 Å². The molecule has 0 bridgehead atoms. The van der Waals surface area contributed by atoms with Crippen LogP contribution in [0.5, 0.6) is 0 Å². The van der Waals surface area contributed by atoms with E-state index in [1.807, 2.05) is 17.6 Å². The first-order valence-electron chi connectivity index (χ1n) is 4.46. The smallest absolute Gasteiger partial charge is 0.133 e. The highest BCUT2D eigenvalue weighted by molar-refractivity contribution is 7.07. The van der Waals surface area contributed by atoms with Crippen LogP contribution >= 0.6 is 11.3 Å². The Labute approximate surface area is 89.8 Å². The van der Waals surface area contributed by atoms with E-state index < -0.39 is 0 Å². The molecule has 3 N–H and O–H groups in total. The van der Waals surface area contributed by atoms with Crippen LogP contribution in [0, 0.1) is 0 Å². The number of hydrogen-bond acceptors (Lipinski definition) is 4. The van der Waals surface area contributed by atoms with Gasteiger partial charge >= 0.3 is 0 Å². The van der Waals surface area contributed by atoms with Gasteiger partial charge < -0.3 is 10.7 Å². The molecule has 0 saturated carbocycles. The number of aromatic amines is 1. The lowest BCUT2D eigenvalue weighted by atomic mass is 10.1. The van der Waals surface area contributed by atoms with Crippen molar-refractivity contribution in [3.8, 4) is 11.3 Å². The van der Waals surface area contributed by atoms with Crippen LogP contribution in [-0.4, -0.2) is 15.0 Å². The predicted molar refractivity (Wildman–Crippen MR) is 61.6 cm³/mol. The Balaban J connectivity index is 2.37. The van der Waals surface area contributed by atoms with Gasteiger partial charge in [-0.3, -0.25) is 0 Å². The van der Waals surface area contributed by atoms with Gasteiger partial charge in [0.1, 0.15) is 5.82 Å². The van der Waals surface area contributed by atoms with E-state index in [-0.39, 0.29) is 0 Å². The summed E-state index contributed by atoms with van der Waals surface area (Å²) in [6, 6.07) is 1.90.